The van der Waals surface area contributed by atoms with Crippen molar-refractivity contribution >= 4 is 52.0 Å². The van der Waals surface area contributed by atoms with Crippen molar-refractivity contribution in [2.75, 3.05) is 10.6 Å². The van der Waals surface area contributed by atoms with Crippen LogP contribution in [0.5, 0.6) is 0 Å². The van der Waals surface area contributed by atoms with E-state index in [1.165, 1.54) is 11.1 Å². The van der Waals surface area contributed by atoms with E-state index in [4.69, 9.17) is 35.4 Å². The third-order valence-corrected chi connectivity index (χ3v) is 5.53. The molecule has 0 spiro atoms. The number of rotatable bonds is 6. The molecule has 0 saturated heterocycles. The second-order valence-corrected chi connectivity index (χ2v) is 8.31. The Bertz CT molecular complexity index is 1180. The number of hydrogen-bond acceptors (Lipinski definition) is 3. The second kappa shape index (κ2) is 9.51. The van der Waals surface area contributed by atoms with E-state index in [9.17, 15) is 0 Å². The number of benzene rings is 2. The van der Waals surface area contributed by atoms with E-state index in [2.05, 4.69) is 52.0 Å². The number of aromatic nitrogens is 4. The van der Waals surface area contributed by atoms with Crippen molar-refractivity contribution in [3.63, 3.8) is 0 Å². The molecule has 2 aromatic heterocycles. The largest absolute Gasteiger partial charge is 0.330 e. The van der Waals surface area contributed by atoms with Gasteiger partial charge in [0.25, 0.3) is 0 Å². The van der Waals surface area contributed by atoms with E-state index in [1.807, 2.05) is 41.3 Å². The van der Waals surface area contributed by atoms with Crippen LogP contribution in [0, 0.1) is 6.92 Å². The Kier molecular flexibility index (Phi) is 6.56. The zero-order valence-electron chi connectivity index (χ0n) is 16.7. The Labute approximate surface area is 195 Å². The zero-order chi connectivity index (χ0) is 21.8. The maximum absolute atomic E-state index is 6.24. The number of thiocarbonyl (C=S) groups is 1. The van der Waals surface area contributed by atoms with E-state index in [1.54, 1.807) is 10.9 Å². The minimum absolute atomic E-state index is 0.427. The minimum Gasteiger partial charge on any atom is -0.330 e. The average molecular weight is 471 g/mol. The van der Waals surface area contributed by atoms with E-state index < -0.39 is 0 Å². The quantitative estimate of drug-likeness (QED) is 0.359. The van der Waals surface area contributed by atoms with Crippen LogP contribution in [0.25, 0.3) is 0 Å². The van der Waals surface area contributed by atoms with Gasteiger partial charge in [-0.2, -0.15) is 10.2 Å². The number of nitrogens with zero attached hydrogens (tertiary/aromatic N) is 4. The van der Waals surface area contributed by atoms with Gasteiger partial charge in [0, 0.05) is 34.1 Å². The van der Waals surface area contributed by atoms with E-state index >= 15 is 0 Å². The summed E-state index contributed by atoms with van der Waals surface area (Å²) in [5.74, 6) is 0.618. The summed E-state index contributed by atoms with van der Waals surface area (Å²) in [6.45, 7) is 3.23. The Morgan fingerprint density at radius 1 is 0.968 bits per heavy atom. The molecule has 0 atom stereocenters. The third-order valence-electron chi connectivity index (χ3n) is 4.62. The first kappa shape index (κ1) is 21.4. The molecule has 4 aromatic rings. The van der Waals surface area contributed by atoms with Crippen LogP contribution in [-0.2, 0) is 13.1 Å². The average Bonchev–Trinajstić information content (AvgIpc) is 3.36. The summed E-state index contributed by atoms with van der Waals surface area (Å²) in [6.07, 6.45) is 5.48. The molecule has 6 nitrogen and oxygen atoms in total. The maximum Gasteiger partial charge on any atom is 0.176 e. The molecule has 0 bridgehead atoms. The van der Waals surface area contributed by atoms with Crippen molar-refractivity contribution in [2.24, 2.45) is 0 Å². The predicted octanol–water partition coefficient (Wildman–Crippen LogP) is 5.60. The highest BCUT2D eigenvalue weighted by atomic mass is 35.5. The van der Waals surface area contributed by atoms with Crippen molar-refractivity contribution in [3.05, 3.63) is 93.9 Å². The lowest BCUT2D eigenvalue weighted by molar-refractivity contribution is 0.687. The molecule has 158 valence electrons. The molecule has 0 aliphatic rings. The molecule has 2 heterocycles. The molecule has 0 aliphatic carbocycles. The van der Waals surface area contributed by atoms with Crippen molar-refractivity contribution < 1.29 is 0 Å². The van der Waals surface area contributed by atoms with Crippen LogP contribution in [0.4, 0.5) is 11.5 Å². The normalized spacial score (nSPS) is 10.8. The van der Waals surface area contributed by atoms with Crippen LogP contribution in [-0.4, -0.2) is 24.7 Å². The highest BCUT2D eigenvalue weighted by molar-refractivity contribution is 7.80. The first-order valence-corrected chi connectivity index (χ1v) is 10.7. The van der Waals surface area contributed by atoms with Crippen LogP contribution >= 0.6 is 35.4 Å². The van der Waals surface area contributed by atoms with Crippen LogP contribution < -0.4 is 10.6 Å². The monoisotopic (exact) mass is 470 g/mol. The maximum atomic E-state index is 6.24. The molecule has 0 amide bonds. The van der Waals surface area contributed by atoms with Gasteiger partial charge in [-0.15, -0.1) is 0 Å². The van der Waals surface area contributed by atoms with E-state index in [0.29, 0.717) is 34.1 Å². The van der Waals surface area contributed by atoms with Gasteiger partial charge < -0.3 is 10.6 Å². The van der Waals surface area contributed by atoms with Gasteiger partial charge >= 0.3 is 0 Å². The molecule has 4 rings (SSSR count). The van der Waals surface area contributed by atoms with E-state index in [0.717, 1.165) is 11.3 Å². The highest BCUT2D eigenvalue weighted by Crippen LogP contribution is 2.25. The summed E-state index contributed by atoms with van der Waals surface area (Å²) in [6, 6.07) is 15.7. The van der Waals surface area contributed by atoms with Gasteiger partial charge in [-0.05, 0) is 36.8 Å². The lowest BCUT2D eigenvalue weighted by atomic mass is 10.1. The SMILES string of the molecule is Cc1ccc(Cn2cc(NC(=S)Nc3ccn(Cc4c(Cl)cccc4Cl)n3)cn2)cc1. The van der Waals surface area contributed by atoms with Gasteiger partial charge in [-0.3, -0.25) is 9.36 Å². The number of aryl methyl sites for hydroxylation is 1. The molecule has 0 radical (unpaired) electrons. The van der Waals surface area contributed by atoms with Gasteiger partial charge in [-0.1, -0.05) is 59.1 Å². The molecule has 0 saturated carbocycles. The fourth-order valence-electron chi connectivity index (χ4n) is 3.04. The standard InChI is InChI=1S/C22H20Cl2N6S/c1-15-5-7-16(8-6-15)12-30-13-17(11-25-30)26-22(31)27-21-9-10-29(28-21)14-18-19(23)3-2-4-20(18)24/h2-11,13H,12,14H2,1H3,(H2,26,27,28,31). The molecular weight excluding hydrogens is 451 g/mol. The number of hydrogen-bond donors (Lipinski definition) is 2. The van der Waals surface area contributed by atoms with Crippen molar-refractivity contribution in [3.8, 4) is 0 Å². The Morgan fingerprint density at radius 2 is 1.71 bits per heavy atom. The second-order valence-electron chi connectivity index (χ2n) is 7.09. The smallest absolute Gasteiger partial charge is 0.176 e. The van der Waals surface area contributed by atoms with Gasteiger partial charge in [0.15, 0.2) is 10.9 Å². The molecule has 0 aliphatic heterocycles. The van der Waals surface area contributed by atoms with Gasteiger partial charge in [0.2, 0.25) is 0 Å². The first-order valence-electron chi connectivity index (χ1n) is 9.58. The summed E-state index contributed by atoms with van der Waals surface area (Å²) in [5, 5.41) is 16.7. The van der Waals surface area contributed by atoms with E-state index in [-0.39, 0.29) is 0 Å². The van der Waals surface area contributed by atoms with Crippen molar-refractivity contribution in [1.82, 2.24) is 19.6 Å². The topological polar surface area (TPSA) is 59.7 Å². The van der Waals surface area contributed by atoms with Crippen molar-refractivity contribution in [1.29, 1.82) is 0 Å². The summed E-state index contributed by atoms with van der Waals surface area (Å²) >= 11 is 17.9. The van der Waals surface area contributed by atoms with Crippen molar-refractivity contribution in [2.45, 2.75) is 20.0 Å². The van der Waals surface area contributed by atoms with Gasteiger partial charge in [-0.25, -0.2) is 0 Å². The fraction of sp³-hybridized carbons (Fsp3) is 0.136. The van der Waals surface area contributed by atoms with Crippen LogP contribution in [0.15, 0.2) is 67.1 Å². The molecule has 0 fully saturated rings. The molecule has 2 N–H and O–H groups in total. The highest BCUT2D eigenvalue weighted by Gasteiger charge is 2.09. The summed E-state index contributed by atoms with van der Waals surface area (Å²) in [7, 11) is 0. The zero-order valence-corrected chi connectivity index (χ0v) is 19.0. The van der Waals surface area contributed by atoms with Crippen LogP contribution in [0.3, 0.4) is 0 Å². The minimum atomic E-state index is 0.427. The Hall–Kier alpha value is -2.87. The lowest BCUT2D eigenvalue weighted by Crippen LogP contribution is -2.19. The van der Waals surface area contributed by atoms with Crippen LogP contribution in [0.1, 0.15) is 16.7 Å². The fourth-order valence-corrected chi connectivity index (χ4v) is 3.77. The van der Waals surface area contributed by atoms with Gasteiger partial charge in [0.05, 0.1) is 25.0 Å². The molecule has 9 heteroatoms. The molecule has 31 heavy (non-hydrogen) atoms. The number of nitrogens with one attached hydrogen (secondary N) is 2. The number of anilines is 2. The molecular formula is C22H20Cl2N6S. The lowest BCUT2D eigenvalue weighted by Gasteiger charge is -2.08. The summed E-state index contributed by atoms with van der Waals surface area (Å²) < 4.78 is 3.61. The Morgan fingerprint density at radius 3 is 2.45 bits per heavy atom. The van der Waals surface area contributed by atoms with Gasteiger partial charge in [0.1, 0.15) is 0 Å². The first-order chi connectivity index (χ1) is 15.0. The third kappa shape index (κ3) is 5.64. The van der Waals surface area contributed by atoms with Crippen LogP contribution in [0.2, 0.25) is 10.0 Å². The summed E-state index contributed by atoms with van der Waals surface area (Å²) in [5.41, 5.74) is 4.04. The number of halogens is 2. The molecule has 2 aromatic carbocycles. The molecule has 0 unspecified atom stereocenters. The predicted molar refractivity (Wildman–Crippen MR) is 130 cm³/mol. The Balaban J connectivity index is 1.33. The summed E-state index contributed by atoms with van der Waals surface area (Å²) in [4.78, 5) is 0.